The summed E-state index contributed by atoms with van der Waals surface area (Å²) in [6.45, 7) is 0. The van der Waals surface area contributed by atoms with E-state index in [0.717, 1.165) is 12.1 Å². The molecule has 2 aromatic rings. The van der Waals surface area contributed by atoms with Gasteiger partial charge in [0, 0.05) is 18.2 Å². The molecular weight excluding hydrogens is 375 g/mol. The van der Waals surface area contributed by atoms with E-state index in [1.165, 1.54) is 25.3 Å². The number of amides is 3. The maximum Gasteiger partial charge on any atom is 0.416 e. The average molecular weight is 395 g/mol. The number of aryl methyl sites for hydroxylation is 1. The number of nitrogens with two attached hydrogens (primary N) is 1. The van der Waals surface area contributed by atoms with Crippen LogP contribution in [-0.2, 0) is 17.4 Å². The molecule has 0 spiro atoms. The van der Waals surface area contributed by atoms with Crippen molar-refractivity contribution >= 4 is 23.3 Å². The highest BCUT2D eigenvalue weighted by atomic mass is 19.4. The van der Waals surface area contributed by atoms with Gasteiger partial charge < -0.3 is 21.1 Å². The Bertz CT molecular complexity index is 854. The molecule has 0 aliphatic heterocycles. The van der Waals surface area contributed by atoms with Gasteiger partial charge >= 0.3 is 12.2 Å². The van der Waals surface area contributed by atoms with Crippen LogP contribution in [0.5, 0.6) is 5.75 Å². The van der Waals surface area contributed by atoms with Gasteiger partial charge in [-0.05, 0) is 36.6 Å². The molecule has 6 nitrogen and oxygen atoms in total. The number of hydrogen-bond acceptors (Lipinski definition) is 3. The number of methoxy groups -OCH3 is 1. The molecule has 9 heteroatoms. The zero-order valence-electron chi connectivity index (χ0n) is 15.1. The zero-order valence-corrected chi connectivity index (χ0v) is 15.1. The molecule has 4 N–H and O–H groups in total. The predicted molar refractivity (Wildman–Crippen MR) is 99.2 cm³/mol. The highest BCUT2D eigenvalue weighted by Gasteiger charge is 2.30. The van der Waals surface area contributed by atoms with E-state index >= 15 is 0 Å². The minimum absolute atomic E-state index is 0.139. The molecule has 0 unspecified atom stereocenters. The molecule has 2 rings (SSSR count). The summed E-state index contributed by atoms with van der Waals surface area (Å²) in [5.74, 6) is 0.0326. The van der Waals surface area contributed by atoms with Gasteiger partial charge in [-0.2, -0.15) is 13.2 Å². The van der Waals surface area contributed by atoms with Crippen LogP contribution in [0, 0.1) is 0 Å². The lowest BCUT2D eigenvalue weighted by Gasteiger charge is -2.12. The molecule has 28 heavy (non-hydrogen) atoms. The van der Waals surface area contributed by atoms with Crippen LogP contribution < -0.4 is 21.1 Å². The fourth-order valence-corrected chi connectivity index (χ4v) is 2.58. The van der Waals surface area contributed by atoms with Gasteiger partial charge in [-0.25, -0.2) is 4.79 Å². The second kappa shape index (κ2) is 9.12. The monoisotopic (exact) mass is 395 g/mol. The number of urea groups is 1. The van der Waals surface area contributed by atoms with Crippen molar-refractivity contribution in [1.29, 1.82) is 0 Å². The summed E-state index contributed by atoms with van der Waals surface area (Å²) in [7, 11) is 1.40. The highest BCUT2D eigenvalue weighted by Crippen LogP contribution is 2.30. The molecule has 0 radical (unpaired) electrons. The van der Waals surface area contributed by atoms with Crippen LogP contribution >= 0.6 is 0 Å². The summed E-state index contributed by atoms with van der Waals surface area (Å²) in [5, 5.41) is 5.07. The maximum absolute atomic E-state index is 12.7. The van der Waals surface area contributed by atoms with E-state index in [-0.39, 0.29) is 12.3 Å². The van der Waals surface area contributed by atoms with E-state index < -0.39 is 17.8 Å². The van der Waals surface area contributed by atoms with Gasteiger partial charge in [-0.3, -0.25) is 4.79 Å². The van der Waals surface area contributed by atoms with Crippen molar-refractivity contribution in [2.45, 2.75) is 25.4 Å². The number of halogens is 3. The molecule has 0 heterocycles. The van der Waals surface area contributed by atoms with Crippen molar-refractivity contribution in [2.75, 3.05) is 17.7 Å². The topological polar surface area (TPSA) is 93.4 Å². The largest absolute Gasteiger partial charge is 0.494 e. The summed E-state index contributed by atoms with van der Waals surface area (Å²) < 4.78 is 43.3. The number of carbonyl (C=O) groups is 2. The summed E-state index contributed by atoms with van der Waals surface area (Å²) >= 11 is 0. The second-order valence-electron chi connectivity index (χ2n) is 6.00. The summed E-state index contributed by atoms with van der Waals surface area (Å²) in [4.78, 5) is 23.0. The number of primary amides is 1. The number of alkyl halides is 3. The van der Waals surface area contributed by atoms with Crippen LogP contribution in [0.2, 0.25) is 0 Å². The SMILES string of the molecule is COc1cc(NC(=O)CCCc2cccc(C(F)(F)F)c2)ccc1NC(N)=O. The Kier molecular flexibility index (Phi) is 6.86. The summed E-state index contributed by atoms with van der Waals surface area (Å²) in [6.07, 6.45) is -3.50. The lowest BCUT2D eigenvalue weighted by atomic mass is 10.0. The molecule has 0 aliphatic carbocycles. The molecule has 0 fully saturated rings. The molecule has 0 aliphatic rings. The van der Waals surface area contributed by atoms with Gasteiger partial charge in [-0.1, -0.05) is 18.2 Å². The third-order valence-electron chi connectivity index (χ3n) is 3.87. The smallest absolute Gasteiger partial charge is 0.416 e. The van der Waals surface area contributed by atoms with Crippen molar-refractivity contribution in [1.82, 2.24) is 0 Å². The normalized spacial score (nSPS) is 11.0. The number of rotatable bonds is 7. The first-order valence-electron chi connectivity index (χ1n) is 8.39. The third-order valence-corrected chi connectivity index (χ3v) is 3.87. The van der Waals surface area contributed by atoms with Crippen LogP contribution in [0.15, 0.2) is 42.5 Å². The van der Waals surface area contributed by atoms with E-state index in [2.05, 4.69) is 10.6 Å². The van der Waals surface area contributed by atoms with Crippen LogP contribution in [0.1, 0.15) is 24.0 Å². The Morgan fingerprint density at radius 2 is 1.86 bits per heavy atom. The fraction of sp³-hybridized carbons (Fsp3) is 0.263. The predicted octanol–water partition coefficient (Wildman–Crippen LogP) is 4.17. The Morgan fingerprint density at radius 3 is 2.50 bits per heavy atom. The first-order valence-corrected chi connectivity index (χ1v) is 8.39. The standard InChI is InChI=1S/C19H20F3N3O3/c1-28-16-11-14(8-9-15(16)25-18(23)27)24-17(26)7-3-5-12-4-2-6-13(10-12)19(20,21)22/h2,4,6,8-11H,3,5,7H2,1H3,(H,24,26)(H3,23,25,27). The van der Waals surface area contributed by atoms with E-state index in [0.29, 0.717) is 35.5 Å². The van der Waals surface area contributed by atoms with Crippen molar-refractivity contribution in [3.8, 4) is 5.75 Å². The van der Waals surface area contributed by atoms with Gasteiger partial charge in [0.1, 0.15) is 5.75 Å². The Hall–Kier alpha value is -3.23. The van der Waals surface area contributed by atoms with Crippen LogP contribution in [0.3, 0.4) is 0 Å². The van der Waals surface area contributed by atoms with Crippen molar-refractivity contribution in [3.05, 3.63) is 53.6 Å². The number of ether oxygens (including phenoxy) is 1. The maximum atomic E-state index is 12.7. The number of nitrogens with one attached hydrogen (secondary N) is 2. The fourth-order valence-electron chi connectivity index (χ4n) is 2.58. The molecule has 0 aromatic heterocycles. The molecule has 150 valence electrons. The minimum Gasteiger partial charge on any atom is -0.494 e. The number of carbonyl (C=O) groups excluding carboxylic acids is 2. The molecule has 2 aromatic carbocycles. The van der Waals surface area contributed by atoms with E-state index in [4.69, 9.17) is 10.5 Å². The summed E-state index contributed by atoms with van der Waals surface area (Å²) in [5.41, 5.74) is 5.70. The second-order valence-corrected chi connectivity index (χ2v) is 6.00. The molecule has 0 bridgehead atoms. The highest BCUT2D eigenvalue weighted by molar-refractivity contribution is 5.93. The van der Waals surface area contributed by atoms with Crippen molar-refractivity contribution < 1.29 is 27.5 Å². The van der Waals surface area contributed by atoms with Gasteiger partial charge in [0.05, 0.1) is 18.4 Å². The van der Waals surface area contributed by atoms with Crippen LogP contribution in [0.25, 0.3) is 0 Å². The minimum atomic E-state index is -4.39. The first-order chi connectivity index (χ1) is 13.2. The lowest BCUT2D eigenvalue weighted by molar-refractivity contribution is -0.137. The molecule has 0 saturated carbocycles. The third kappa shape index (κ3) is 6.19. The van der Waals surface area contributed by atoms with Crippen molar-refractivity contribution in [3.63, 3.8) is 0 Å². The van der Waals surface area contributed by atoms with Gasteiger partial charge in [-0.15, -0.1) is 0 Å². The summed E-state index contributed by atoms with van der Waals surface area (Å²) in [6, 6.07) is 8.93. The van der Waals surface area contributed by atoms with E-state index in [9.17, 15) is 22.8 Å². The quantitative estimate of drug-likeness (QED) is 0.657. The van der Waals surface area contributed by atoms with Gasteiger partial charge in [0.25, 0.3) is 0 Å². The van der Waals surface area contributed by atoms with E-state index in [1.807, 2.05) is 0 Å². The molecular formula is C19H20F3N3O3. The van der Waals surface area contributed by atoms with Gasteiger partial charge in [0.15, 0.2) is 0 Å². The molecule has 3 amide bonds. The Balaban J connectivity index is 1.90. The van der Waals surface area contributed by atoms with Crippen molar-refractivity contribution in [2.24, 2.45) is 5.73 Å². The first kappa shape index (κ1) is 21.1. The zero-order chi connectivity index (χ0) is 20.7. The molecule has 0 saturated heterocycles. The van der Waals surface area contributed by atoms with Gasteiger partial charge in [0.2, 0.25) is 5.91 Å². The Morgan fingerprint density at radius 1 is 1.11 bits per heavy atom. The number of hydrogen-bond donors (Lipinski definition) is 3. The number of anilines is 2. The van der Waals surface area contributed by atoms with E-state index in [1.54, 1.807) is 12.1 Å². The van der Waals surface area contributed by atoms with Crippen LogP contribution in [0.4, 0.5) is 29.3 Å². The molecule has 0 atom stereocenters. The number of benzene rings is 2. The Labute approximate surface area is 159 Å². The average Bonchev–Trinajstić information content (AvgIpc) is 2.62. The van der Waals surface area contributed by atoms with Crippen LogP contribution in [-0.4, -0.2) is 19.0 Å². The lowest BCUT2D eigenvalue weighted by Crippen LogP contribution is -2.19.